The molecule has 0 fully saturated rings. The maximum Gasteiger partial charge on any atom is 0.167 e. The van der Waals surface area contributed by atoms with Crippen LogP contribution in [0.15, 0.2) is 217 Å². The second kappa shape index (κ2) is 14.9. The average Bonchev–Trinajstić information content (AvgIpc) is 3.99. The second-order valence-electron chi connectivity index (χ2n) is 15.0. The summed E-state index contributed by atoms with van der Waals surface area (Å²) in [6.07, 6.45) is 0. The third kappa shape index (κ3) is 6.35. The molecule has 3 heterocycles. The predicted octanol–water partition coefficient (Wildman–Crippen LogP) is 15.8. The molecule has 12 aromatic rings. The molecule has 0 atom stereocenters. The number of benzene rings is 9. The fraction of sp³-hybridized carbons (Fsp3) is 0. The van der Waals surface area contributed by atoms with Crippen molar-refractivity contribution in [2.75, 3.05) is 0 Å². The van der Waals surface area contributed by atoms with Crippen LogP contribution in [-0.2, 0) is 0 Å². The smallest absolute Gasteiger partial charge is 0.167 e. The summed E-state index contributed by atoms with van der Waals surface area (Å²) in [4.78, 5) is 15.0. The molecule has 3 aromatic heterocycles. The Morgan fingerprint density at radius 2 is 0.855 bits per heavy atom. The third-order valence-electron chi connectivity index (χ3n) is 11.2. The number of aromatic nitrogens is 3. The van der Waals surface area contributed by atoms with E-state index in [9.17, 15) is 8.22 Å². The molecule has 12 rings (SSSR count). The van der Waals surface area contributed by atoms with E-state index in [1.807, 2.05) is 176 Å². The Labute approximate surface area is 370 Å². The molecule has 0 aliphatic carbocycles. The fourth-order valence-corrected chi connectivity index (χ4v) is 9.12. The molecule has 290 valence electrons. The fourth-order valence-electron chi connectivity index (χ4n) is 8.15. The lowest BCUT2D eigenvalue weighted by Crippen LogP contribution is -2.00. The lowest BCUT2D eigenvalue weighted by atomic mass is 9.98. The topological polar surface area (TPSA) is 51.8 Å². The summed E-state index contributed by atoms with van der Waals surface area (Å²) >= 11 is 1.08. The first-order valence-corrected chi connectivity index (χ1v) is 21.1. The van der Waals surface area contributed by atoms with Crippen LogP contribution in [0.25, 0.3) is 121 Å². The van der Waals surface area contributed by atoms with Gasteiger partial charge in [-0.2, -0.15) is 0 Å². The van der Waals surface area contributed by atoms with E-state index in [-0.39, 0.29) is 69.8 Å². The van der Waals surface area contributed by atoms with Crippen LogP contribution in [0.3, 0.4) is 0 Å². The molecule has 62 heavy (non-hydrogen) atoms. The Bertz CT molecular complexity index is 3970. The van der Waals surface area contributed by atoms with Crippen LogP contribution in [0.4, 0.5) is 0 Å². The Kier molecular flexibility index (Phi) is 7.25. The lowest BCUT2D eigenvalue weighted by Gasteiger charge is -2.10. The van der Waals surface area contributed by atoms with Crippen LogP contribution in [0.5, 0.6) is 0 Å². The first kappa shape index (κ1) is 30.1. The molecule has 0 radical (unpaired) electrons. The van der Waals surface area contributed by atoms with E-state index in [1.165, 1.54) is 0 Å². The predicted molar refractivity (Wildman–Crippen MR) is 258 cm³/mol. The van der Waals surface area contributed by atoms with E-state index in [4.69, 9.17) is 19.4 Å². The van der Waals surface area contributed by atoms with Gasteiger partial charge < -0.3 is 4.42 Å². The number of thiophene rings is 1. The van der Waals surface area contributed by atoms with Gasteiger partial charge in [0.05, 0.1) is 13.8 Å². The Morgan fingerprint density at radius 3 is 1.56 bits per heavy atom. The van der Waals surface area contributed by atoms with Crippen molar-refractivity contribution in [3.8, 4) is 78.7 Å². The summed E-state index contributed by atoms with van der Waals surface area (Å²) in [6, 6.07) is 56.4. The first-order chi connectivity index (χ1) is 33.2. The summed E-state index contributed by atoms with van der Waals surface area (Å²) in [6.45, 7) is 0. The highest BCUT2D eigenvalue weighted by Crippen LogP contribution is 2.42. The summed E-state index contributed by atoms with van der Waals surface area (Å²) < 4.78 is 64.4. The van der Waals surface area contributed by atoms with Crippen LogP contribution >= 0.6 is 11.3 Å². The number of hydrogen-bond donors (Lipinski definition) is 0. The van der Waals surface area contributed by atoms with Gasteiger partial charge in [0.1, 0.15) is 11.2 Å². The molecule has 9 aromatic carbocycles. The number of nitrogens with zero attached hydrogens (tertiary/aromatic N) is 3. The molecule has 0 bridgehead atoms. The van der Waals surface area contributed by atoms with Gasteiger partial charge in [0, 0.05) is 47.6 Å². The van der Waals surface area contributed by atoms with Crippen molar-refractivity contribution < 1.29 is 12.6 Å². The highest BCUT2D eigenvalue weighted by atomic mass is 32.1. The monoisotopic (exact) mass is 815 g/mol. The molecular formula is C57H35N3OS. The molecule has 0 saturated heterocycles. The van der Waals surface area contributed by atoms with Gasteiger partial charge in [0.15, 0.2) is 17.5 Å². The number of fused-ring (bicyclic) bond motifs is 6. The zero-order valence-corrected chi connectivity index (χ0v) is 33.7. The third-order valence-corrected chi connectivity index (χ3v) is 12.2. The van der Waals surface area contributed by atoms with Crippen molar-refractivity contribution in [2.24, 2.45) is 0 Å². The normalized spacial score (nSPS) is 12.9. The van der Waals surface area contributed by atoms with E-state index in [0.29, 0.717) is 43.1 Å². The van der Waals surface area contributed by atoms with Crippen molar-refractivity contribution >= 4 is 53.4 Å². The molecule has 0 aliphatic rings. The zero-order chi connectivity index (χ0) is 46.2. The quantitative estimate of drug-likeness (QED) is 0.161. The molecule has 0 aliphatic heterocycles. The molecule has 0 amide bonds. The Morgan fingerprint density at radius 1 is 0.339 bits per heavy atom. The van der Waals surface area contributed by atoms with Crippen molar-refractivity contribution in [3.05, 3.63) is 212 Å². The van der Waals surface area contributed by atoms with Crippen molar-refractivity contribution in [1.82, 2.24) is 15.0 Å². The number of rotatable bonds is 7. The Balaban J connectivity index is 1.07. The van der Waals surface area contributed by atoms with Gasteiger partial charge >= 0.3 is 0 Å². The second-order valence-corrected chi connectivity index (χ2v) is 16.1. The van der Waals surface area contributed by atoms with Gasteiger partial charge in [-0.25, -0.2) is 15.0 Å². The van der Waals surface area contributed by atoms with E-state index in [1.54, 1.807) is 0 Å². The summed E-state index contributed by atoms with van der Waals surface area (Å²) in [7, 11) is 0. The van der Waals surface area contributed by atoms with Crippen molar-refractivity contribution in [2.45, 2.75) is 0 Å². The van der Waals surface area contributed by atoms with Gasteiger partial charge in [-0.1, -0.05) is 182 Å². The van der Waals surface area contributed by atoms with Gasteiger partial charge in [0.2, 0.25) is 0 Å². The van der Waals surface area contributed by atoms with E-state index >= 15 is 0 Å². The Hall–Kier alpha value is -7.99. The first-order valence-electron chi connectivity index (χ1n) is 23.3. The molecule has 0 saturated carbocycles. The summed E-state index contributed by atoms with van der Waals surface area (Å²) in [5.41, 5.74) is 9.28. The van der Waals surface area contributed by atoms with Crippen LogP contribution in [0, 0.1) is 0 Å². The molecule has 4 nitrogen and oxygen atoms in total. The van der Waals surface area contributed by atoms with Crippen molar-refractivity contribution in [3.63, 3.8) is 0 Å². The highest BCUT2D eigenvalue weighted by Gasteiger charge is 2.20. The van der Waals surface area contributed by atoms with Gasteiger partial charge in [-0.05, 0) is 69.2 Å². The maximum absolute atomic E-state index is 9.78. The molecular weight excluding hydrogens is 775 g/mol. The van der Waals surface area contributed by atoms with E-state index in [0.717, 1.165) is 55.5 Å². The minimum atomic E-state index is -0.298. The average molecular weight is 816 g/mol. The van der Waals surface area contributed by atoms with Crippen LogP contribution in [-0.4, -0.2) is 15.0 Å². The number of furan rings is 1. The van der Waals surface area contributed by atoms with Crippen LogP contribution < -0.4 is 0 Å². The summed E-state index contributed by atoms with van der Waals surface area (Å²) in [5, 5.41) is 2.28. The molecule has 5 heteroatoms. The maximum atomic E-state index is 9.78. The lowest BCUT2D eigenvalue weighted by molar-refractivity contribution is 0.670. The molecule has 0 N–H and O–H groups in total. The molecule has 0 unspecified atom stereocenters. The largest absolute Gasteiger partial charge is 0.455 e. The van der Waals surface area contributed by atoms with Crippen molar-refractivity contribution in [1.29, 1.82) is 0 Å². The minimum Gasteiger partial charge on any atom is -0.455 e. The van der Waals surface area contributed by atoms with Gasteiger partial charge in [-0.15, -0.1) is 11.3 Å². The standard InChI is InChI=1S/C57H35N3OS/c1-4-13-36(14-5-1)38-25-27-40(28-26-38)55-58-56(60-57(59-55)49-24-12-23-48-47-22-11-21-45(53(47)61-54(48)49)39-17-8-3-9-18-39)44-29-31-46-50-34-43(30-32-51(50)62-52(46)35-44)42-20-10-19-41(33-42)37-15-6-2-7-16-37/h1-35H/i29D,30D,31D,32D,34D,35D. The van der Waals surface area contributed by atoms with E-state index in [2.05, 4.69) is 0 Å². The molecule has 0 spiro atoms. The van der Waals surface area contributed by atoms with Crippen LogP contribution in [0.2, 0.25) is 0 Å². The SMILES string of the molecule is [2H]c1c(-c2cccc(-c3ccccc3)c2)c([2H])c2c(sc3c([2H])c(-c4nc(-c5ccc(-c6ccccc6)cc5)nc(-c5cccc6c5oc5c(-c7ccccc7)cccc56)n4)c([2H])c([2H])c32)c1[2H]. The van der Waals surface area contributed by atoms with Crippen LogP contribution in [0.1, 0.15) is 8.22 Å². The van der Waals surface area contributed by atoms with E-state index < -0.39 is 0 Å². The highest BCUT2D eigenvalue weighted by molar-refractivity contribution is 7.25. The van der Waals surface area contributed by atoms with Gasteiger partial charge in [-0.3, -0.25) is 0 Å². The summed E-state index contributed by atoms with van der Waals surface area (Å²) in [5.74, 6) is 0.579. The minimum absolute atomic E-state index is 0.0166. The number of para-hydroxylation sites is 2. The zero-order valence-electron chi connectivity index (χ0n) is 38.9. The van der Waals surface area contributed by atoms with Gasteiger partial charge in [0.25, 0.3) is 0 Å². The number of hydrogen-bond acceptors (Lipinski definition) is 5.